The summed E-state index contributed by atoms with van der Waals surface area (Å²) in [6.45, 7) is 3.67. The number of hydrogen-bond donors (Lipinski definition) is 0. The number of Topliss-reactive ketones (excluding diaryl/α,β-unsaturated/α-hetero) is 1. The van der Waals surface area contributed by atoms with Crippen LogP contribution >= 0.6 is 0 Å². The molecule has 174 valence electrons. The molecule has 9 nitrogen and oxygen atoms in total. The number of methoxy groups -OCH3 is 3. The Morgan fingerprint density at radius 3 is 2.27 bits per heavy atom. The molecule has 2 aliphatic heterocycles. The van der Waals surface area contributed by atoms with Gasteiger partial charge in [-0.15, -0.1) is 0 Å². The number of nitrogens with zero attached hydrogens (tertiary/aromatic N) is 1. The van der Waals surface area contributed by atoms with Gasteiger partial charge >= 0.3 is 6.09 Å². The van der Waals surface area contributed by atoms with Crippen molar-refractivity contribution in [1.29, 1.82) is 0 Å². The van der Waals surface area contributed by atoms with Gasteiger partial charge in [0.25, 0.3) is 0 Å². The topological polar surface area (TPSA) is 92.8 Å². The molecule has 1 fully saturated rings. The van der Waals surface area contributed by atoms with Crippen LogP contribution in [0.15, 0.2) is 30.0 Å². The van der Waals surface area contributed by atoms with Crippen molar-refractivity contribution in [2.45, 2.75) is 6.92 Å². The van der Waals surface area contributed by atoms with Crippen LogP contribution in [0.4, 0.5) is 4.79 Å². The maximum absolute atomic E-state index is 13.0. The number of carbonyl (C=O) groups is 2. The number of ether oxygens (including phenoxy) is 6. The monoisotopic (exact) mass is 455 g/mol. The molecule has 0 saturated carbocycles. The Kier molecular flexibility index (Phi) is 6.41. The van der Waals surface area contributed by atoms with E-state index >= 15 is 0 Å². The van der Waals surface area contributed by atoms with Crippen LogP contribution in [0.2, 0.25) is 0 Å². The Hall–Kier alpha value is -3.72. The first-order chi connectivity index (χ1) is 15.9. The number of ketones is 1. The smallest absolute Gasteiger partial charge is 0.415 e. The number of aryl methyl sites for hydroxylation is 1. The van der Waals surface area contributed by atoms with E-state index in [1.165, 1.54) is 21.3 Å². The van der Waals surface area contributed by atoms with Crippen molar-refractivity contribution in [1.82, 2.24) is 4.90 Å². The SMILES string of the molecule is COc1cc(/C=C2\Oc3cc(OC(=O)N4CCOCC4)cc(C)c3C2=O)cc(OC)c1OC. The Labute approximate surface area is 191 Å². The van der Waals surface area contributed by atoms with Gasteiger partial charge in [0, 0.05) is 19.2 Å². The number of hydrogen-bond acceptors (Lipinski definition) is 8. The van der Waals surface area contributed by atoms with E-state index in [0.717, 1.165) is 0 Å². The van der Waals surface area contributed by atoms with E-state index in [2.05, 4.69) is 0 Å². The second-order valence-corrected chi connectivity index (χ2v) is 7.48. The molecule has 1 amide bonds. The standard InChI is InChI=1S/C24H25NO8/c1-14-9-16(32-24(27)25-5-7-31-8-6-25)13-17-21(14)22(26)18(33-17)10-15-11-19(28-2)23(30-4)20(12-15)29-3/h9-13H,5-8H2,1-4H3/b18-10-. The lowest BCUT2D eigenvalue weighted by Crippen LogP contribution is -2.42. The number of rotatable bonds is 5. The molecule has 0 unspecified atom stereocenters. The molecular weight excluding hydrogens is 430 g/mol. The zero-order valence-corrected chi connectivity index (χ0v) is 18.9. The highest BCUT2D eigenvalue weighted by molar-refractivity contribution is 6.15. The molecule has 9 heteroatoms. The first kappa shape index (κ1) is 22.5. The summed E-state index contributed by atoms with van der Waals surface area (Å²) in [7, 11) is 4.56. The Morgan fingerprint density at radius 1 is 1.00 bits per heavy atom. The van der Waals surface area contributed by atoms with E-state index in [1.807, 2.05) is 0 Å². The summed E-state index contributed by atoms with van der Waals surface area (Å²) in [5.41, 5.74) is 1.72. The quantitative estimate of drug-likeness (QED) is 0.633. The Balaban J connectivity index is 1.60. The molecule has 4 rings (SSSR count). The van der Waals surface area contributed by atoms with Gasteiger partial charge in [0.05, 0.1) is 40.1 Å². The van der Waals surface area contributed by atoms with Crippen molar-refractivity contribution in [3.8, 4) is 28.7 Å². The van der Waals surface area contributed by atoms with Crippen molar-refractivity contribution in [2.75, 3.05) is 47.6 Å². The van der Waals surface area contributed by atoms with Gasteiger partial charge in [0.1, 0.15) is 11.5 Å². The third-order valence-corrected chi connectivity index (χ3v) is 5.40. The molecule has 0 bridgehead atoms. The number of morpholine rings is 1. The highest BCUT2D eigenvalue weighted by Gasteiger charge is 2.31. The third-order valence-electron chi connectivity index (χ3n) is 5.40. The number of benzene rings is 2. The highest BCUT2D eigenvalue weighted by Crippen LogP contribution is 2.41. The summed E-state index contributed by atoms with van der Waals surface area (Å²) in [5, 5.41) is 0. The fourth-order valence-electron chi connectivity index (χ4n) is 3.78. The molecule has 0 aromatic heterocycles. The largest absolute Gasteiger partial charge is 0.493 e. The van der Waals surface area contributed by atoms with Gasteiger partial charge in [0.15, 0.2) is 17.3 Å². The molecule has 33 heavy (non-hydrogen) atoms. The lowest BCUT2D eigenvalue weighted by atomic mass is 10.0. The Bertz CT molecular complexity index is 1090. The number of allylic oxidation sites excluding steroid dienone is 1. The van der Waals surface area contributed by atoms with E-state index in [0.29, 0.717) is 71.7 Å². The average Bonchev–Trinajstić information content (AvgIpc) is 3.13. The number of amides is 1. The average molecular weight is 455 g/mol. The van der Waals surface area contributed by atoms with Crippen LogP contribution in [-0.4, -0.2) is 64.4 Å². The first-order valence-electron chi connectivity index (χ1n) is 10.4. The van der Waals surface area contributed by atoms with E-state index < -0.39 is 6.09 Å². The summed E-state index contributed by atoms with van der Waals surface area (Å²) in [4.78, 5) is 27.0. The fraction of sp³-hybridized carbons (Fsp3) is 0.333. The summed E-state index contributed by atoms with van der Waals surface area (Å²) >= 11 is 0. The summed E-state index contributed by atoms with van der Waals surface area (Å²) in [6.07, 6.45) is 1.14. The fourth-order valence-corrected chi connectivity index (χ4v) is 3.78. The second-order valence-electron chi connectivity index (χ2n) is 7.48. The summed E-state index contributed by atoms with van der Waals surface area (Å²) < 4.78 is 32.7. The van der Waals surface area contributed by atoms with Crippen LogP contribution < -0.4 is 23.7 Å². The molecule has 1 saturated heterocycles. The Morgan fingerprint density at radius 2 is 1.67 bits per heavy atom. The molecule has 0 atom stereocenters. The zero-order chi connectivity index (χ0) is 23.5. The molecule has 2 aliphatic rings. The zero-order valence-electron chi connectivity index (χ0n) is 18.9. The predicted octanol–water partition coefficient (Wildman–Crippen LogP) is 3.47. The van der Waals surface area contributed by atoms with Crippen molar-refractivity contribution in [3.63, 3.8) is 0 Å². The molecule has 2 aromatic carbocycles. The third kappa shape index (κ3) is 4.45. The molecule has 2 heterocycles. The first-order valence-corrected chi connectivity index (χ1v) is 10.4. The van der Waals surface area contributed by atoms with Crippen LogP contribution in [0.3, 0.4) is 0 Å². The number of fused-ring (bicyclic) bond motifs is 1. The maximum Gasteiger partial charge on any atom is 0.415 e. The molecule has 2 aromatic rings. The molecule has 0 spiro atoms. The van der Waals surface area contributed by atoms with Crippen LogP contribution in [0, 0.1) is 6.92 Å². The molecule has 0 N–H and O–H groups in total. The summed E-state index contributed by atoms with van der Waals surface area (Å²) in [6, 6.07) is 6.64. The van der Waals surface area contributed by atoms with Crippen LogP contribution in [-0.2, 0) is 4.74 Å². The minimum Gasteiger partial charge on any atom is -0.493 e. The van der Waals surface area contributed by atoms with Gasteiger partial charge in [-0.25, -0.2) is 4.79 Å². The van der Waals surface area contributed by atoms with Gasteiger partial charge in [-0.3, -0.25) is 4.79 Å². The van der Waals surface area contributed by atoms with E-state index in [-0.39, 0.29) is 11.5 Å². The van der Waals surface area contributed by atoms with E-state index in [4.69, 9.17) is 28.4 Å². The van der Waals surface area contributed by atoms with E-state index in [1.54, 1.807) is 42.2 Å². The van der Waals surface area contributed by atoms with Crippen LogP contribution in [0.5, 0.6) is 28.7 Å². The lowest BCUT2D eigenvalue weighted by molar-refractivity contribution is 0.0416. The maximum atomic E-state index is 13.0. The van der Waals surface area contributed by atoms with Crippen molar-refractivity contribution in [2.24, 2.45) is 0 Å². The molecular formula is C24H25NO8. The van der Waals surface area contributed by atoms with Crippen LogP contribution in [0.1, 0.15) is 21.5 Å². The minimum absolute atomic E-state index is 0.138. The van der Waals surface area contributed by atoms with Gasteiger partial charge in [-0.1, -0.05) is 0 Å². The molecule has 0 aliphatic carbocycles. The highest BCUT2D eigenvalue weighted by atomic mass is 16.6. The lowest BCUT2D eigenvalue weighted by Gasteiger charge is -2.25. The van der Waals surface area contributed by atoms with Gasteiger partial charge in [-0.2, -0.15) is 0 Å². The minimum atomic E-state index is -0.463. The second kappa shape index (κ2) is 9.41. The van der Waals surface area contributed by atoms with Crippen molar-refractivity contribution in [3.05, 3.63) is 46.7 Å². The predicted molar refractivity (Wildman–Crippen MR) is 119 cm³/mol. The molecule has 0 radical (unpaired) electrons. The van der Waals surface area contributed by atoms with Gasteiger partial charge in [0.2, 0.25) is 11.5 Å². The van der Waals surface area contributed by atoms with Gasteiger partial charge < -0.3 is 33.3 Å². The summed E-state index contributed by atoms with van der Waals surface area (Å²) in [5.74, 6) is 1.89. The van der Waals surface area contributed by atoms with Gasteiger partial charge in [-0.05, 0) is 42.3 Å². The van der Waals surface area contributed by atoms with Crippen molar-refractivity contribution < 1.29 is 38.0 Å². The van der Waals surface area contributed by atoms with E-state index in [9.17, 15) is 9.59 Å². The normalized spacial score (nSPS) is 16.3. The van der Waals surface area contributed by atoms with Crippen LogP contribution in [0.25, 0.3) is 6.08 Å². The number of carbonyl (C=O) groups excluding carboxylic acids is 2. The van der Waals surface area contributed by atoms with Crippen molar-refractivity contribution >= 4 is 18.0 Å².